The first kappa shape index (κ1) is 50.1. The Bertz CT molecular complexity index is 1650. The number of thiol groups is 1. The first-order chi connectivity index (χ1) is 26.3. The molecule has 1 heterocycles. The Morgan fingerprint density at radius 1 is 1.04 bits per heavy atom. The van der Waals surface area contributed by atoms with Crippen LogP contribution in [0.25, 0.3) is 17.2 Å². The number of aldehydes is 1. The number of hydrogen-bond acceptors (Lipinski definition) is 7. The predicted octanol–water partition coefficient (Wildman–Crippen LogP) is 9.75. The van der Waals surface area contributed by atoms with Gasteiger partial charge >= 0.3 is 6.18 Å². The van der Waals surface area contributed by atoms with Gasteiger partial charge in [-0.05, 0) is 136 Å². The molecule has 4 rings (SSSR count). The molecule has 7 nitrogen and oxygen atoms in total. The van der Waals surface area contributed by atoms with Crippen molar-refractivity contribution in [2.45, 2.75) is 99.7 Å². The molecule has 2 N–H and O–H groups in total. The maximum absolute atomic E-state index is 14.1. The molecule has 0 aromatic heterocycles. The number of nitrogens with two attached hydrogens (primary N) is 1. The van der Waals surface area contributed by atoms with Crippen molar-refractivity contribution in [3.63, 3.8) is 0 Å². The lowest BCUT2D eigenvalue weighted by Gasteiger charge is -2.56. The van der Waals surface area contributed by atoms with Crippen LogP contribution in [0, 0.1) is 44.8 Å². The van der Waals surface area contributed by atoms with Gasteiger partial charge in [0.2, 0.25) is 5.91 Å². The molecule has 2 aromatic rings. The van der Waals surface area contributed by atoms with E-state index in [0.717, 1.165) is 18.7 Å². The first-order valence-corrected chi connectivity index (χ1v) is 19.9. The van der Waals surface area contributed by atoms with E-state index in [0.29, 0.717) is 48.7 Å². The molecular formula is C44H63F4N3O4S. The zero-order chi connectivity index (χ0) is 42.8. The molecule has 1 spiro atoms. The summed E-state index contributed by atoms with van der Waals surface area (Å²) in [7, 11) is 1.56. The first-order valence-electron chi connectivity index (χ1n) is 19.0. The number of allylic oxidation sites excluding steroid dienone is 3. The monoisotopic (exact) mass is 805 g/mol. The highest BCUT2D eigenvalue weighted by atomic mass is 32.1. The normalized spacial score (nSPS) is 15.6. The minimum absolute atomic E-state index is 0.00309. The van der Waals surface area contributed by atoms with Gasteiger partial charge in [0.15, 0.2) is 0 Å². The lowest BCUT2D eigenvalue weighted by molar-refractivity contribution is -0.128. The maximum Gasteiger partial charge on any atom is 0.416 e. The Kier molecular flexibility index (Phi) is 21.5. The van der Waals surface area contributed by atoms with Crippen LogP contribution in [0.3, 0.4) is 0 Å². The number of rotatable bonds is 14. The highest BCUT2D eigenvalue weighted by Gasteiger charge is 2.47. The average Bonchev–Trinajstić information content (AvgIpc) is 3.07. The molecule has 1 unspecified atom stereocenters. The van der Waals surface area contributed by atoms with E-state index in [-0.39, 0.29) is 30.0 Å². The number of nitrogens with zero attached hydrogens (tertiary/aromatic N) is 2. The number of aryl methyl sites for hydroxylation is 4. The summed E-state index contributed by atoms with van der Waals surface area (Å²) in [4.78, 5) is 35.5. The minimum atomic E-state index is -4.65. The van der Waals surface area contributed by atoms with Crippen LogP contribution in [-0.2, 0) is 19.1 Å². The van der Waals surface area contributed by atoms with Crippen molar-refractivity contribution in [1.82, 2.24) is 9.80 Å². The number of likely N-dealkylation sites (N-methyl/N-ethyl adjacent to an activating group) is 1. The van der Waals surface area contributed by atoms with Crippen LogP contribution in [0.4, 0.5) is 17.6 Å². The number of halogens is 4. The van der Waals surface area contributed by atoms with E-state index in [9.17, 15) is 31.9 Å². The van der Waals surface area contributed by atoms with E-state index in [1.54, 1.807) is 20.2 Å². The third-order valence-electron chi connectivity index (χ3n) is 9.82. The summed E-state index contributed by atoms with van der Waals surface area (Å²) >= 11 is 3.53. The number of amides is 1. The van der Waals surface area contributed by atoms with Gasteiger partial charge in [-0.2, -0.15) is 25.8 Å². The van der Waals surface area contributed by atoms with E-state index in [1.807, 2.05) is 52.0 Å². The molecule has 2 fully saturated rings. The van der Waals surface area contributed by atoms with Gasteiger partial charge in [0.25, 0.3) is 6.47 Å². The summed E-state index contributed by atoms with van der Waals surface area (Å²) in [5.41, 5.74) is 12.3. The largest absolute Gasteiger partial charge is 0.468 e. The highest BCUT2D eigenvalue weighted by Crippen LogP contribution is 2.48. The van der Waals surface area contributed by atoms with Crippen molar-refractivity contribution in [2.75, 3.05) is 39.5 Å². The lowest BCUT2D eigenvalue weighted by Crippen LogP contribution is -2.59. The molecule has 1 aliphatic carbocycles. The topological polar surface area (TPSA) is 92.9 Å². The molecule has 1 aliphatic heterocycles. The number of benzene rings is 2. The van der Waals surface area contributed by atoms with Crippen LogP contribution >= 0.6 is 12.6 Å². The molecule has 1 atom stereocenters. The van der Waals surface area contributed by atoms with Gasteiger partial charge < -0.3 is 20.3 Å². The quantitative estimate of drug-likeness (QED) is 0.0650. The molecule has 0 radical (unpaired) electrons. The number of ether oxygens (including phenoxy) is 1. The zero-order valence-corrected chi connectivity index (χ0v) is 35.8. The Labute approximate surface area is 337 Å². The smallest absolute Gasteiger partial charge is 0.416 e. The Morgan fingerprint density at radius 2 is 1.62 bits per heavy atom. The average molecular weight is 806 g/mol. The van der Waals surface area contributed by atoms with E-state index in [4.69, 9.17) is 5.73 Å². The third kappa shape index (κ3) is 15.2. The Balaban J connectivity index is 0.000000502. The molecule has 0 bridgehead atoms. The molecule has 1 saturated carbocycles. The molecule has 56 heavy (non-hydrogen) atoms. The van der Waals surface area contributed by atoms with E-state index in [2.05, 4.69) is 55.2 Å². The Morgan fingerprint density at radius 3 is 2.04 bits per heavy atom. The number of likely N-dealkylation sites (tertiary alicyclic amines) is 1. The molecule has 2 aromatic carbocycles. The number of alkyl halides is 3. The van der Waals surface area contributed by atoms with E-state index >= 15 is 0 Å². The van der Waals surface area contributed by atoms with Crippen molar-refractivity contribution >= 4 is 37.4 Å². The molecule has 1 amide bonds. The van der Waals surface area contributed by atoms with Gasteiger partial charge in [-0.1, -0.05) is 50.1 Å². The summed E-state index contributed by atoms with van der Waals surface area (Å²) in [6, 6.07) is 7.52. The van der Waals surface area contributed by atoms with Crippen molar-refractivity contribution in [1.29, 1.82) is 0 Å². The summed E-state index contributed by atoms with van der Waals surface area (Å²) in [6.45, 7) is 18.9. The van der Waals surface area contributed by atoms with Crippen LogP contribution in [-0.4, -0.2) is 80.2 Å². The summed E-state index contributed by atoms with van der Waals surface area (Å²) in [5.74, 6) is -0.562. The minimum Gasteiger partial charge on any atom is -0.468 e. The molecule has 2 aliphatic rings. The van der Waals surface area contributed by atoms with Gasteiger partial charge in [-0.15, -0.1) is 0 Å². The predicted molar refractivity (Wildman–Crippen MR) is 224 cm³/mol. The van der Waals surface area contributed by atoms with Crippen molar-refractivity contribution in [3.05, 3.63) is 87.4 Å². The van der Waals surface area contributed by atoms with Gasteiger partial charge in [0.1, 0.15) is 18.1 Å². The fraction of sp³-hybridized carbons (Fsp3) is 0.523. The van der Waals surface area contributed by atoms with Crippen molar-refractivity contribution in [2.24, 2.45) is 17.1 Å². The zero-order valence-electron chi connectivity index (χ0n) is 34.9. The fourth-order valence-electron chi connectivity index (χ4n) is 7.26. The summed E-state index contributed by atoms with van der Waals surface area (Å²) in [6.07, 6.45) is 6.99. The summed E-state index contributed by atoms with van der Waals surface area (Å²) < 4.78 is 59.0. The SMILES string of the molecule is C/C=C\c1cc(-c2c(C)cc(C)cc2C)cc(C)c1F.CC(C)CC(C(N)=O)N(C)/C=C(CCN1CC2(CCC2)C1)\C(=C/C=O)C(F)(F)F.CCOC=O.CS. The van der Waals surface area contributed by atoms with Crippen LogP contribution in [0.15, 0.2) is 53.8 Å². The summed E-state index contributed by atoms with van der Waals surface area (Å²) in [5, 5.41) is 0. The second-order valence-corrected chi connectivity index (χ2v) is 14.9. The number of carbonyl (C=O) groups is 3. The fourth-order valence-corrected chi connectivity index (χ4v) is 7.26. The Hall–Kier alpha value is -3.90. The second-order valence-electron chi connectivity index (χ2n) is 14.9. The van der Waals surface area contributed by atoms with Gasteiger partial charge in [0, 0.05) is 38.4 Å². The second kappa shape index (κ2) is 24.0. The third-order valence-corrected chi connectivity index (χ3v) is 9.82. The van der Waals surface area contributed by atoms with Gasteiger partial charge in [-0.25, -0.2) is 4.39 Å². The van der Waals surface area contributed by atoms with Crippen molar-refractivity contribution in [3.8, 4) is 11.1 Å². The van der Waals surface area contributed by atoms with Crippen LogP contribution in [0.2, 0.25) is 0 Å². The van der Waals surface area contributed by atoms with Crippen molar-refractivity contribution < 1.29 is 36.7 Å². The molecule has 12 heteroatoms. The number of primary amides is 1. The van der Waals surface area contributed by atoms with Gasteiger partial charge in [0.05, 0.1) is 12.2 Å². The van der Waals surface area contributed by atoms with Gasteiger partial charge in [-0.3, -0.25) is 14.4 Å². The molecule has 312 valence electrons. The van der Waals surface area contributed by atoms with E-state index < -0.39 is 23.7 Å². The number of carbonyl (C=O) groups excluding carboxylic acids is 3. The van der Waals surface area contributed by atoms with Crippen LogP contribution in [0.1, 0.15) is 87.6 Å². The van der Waals surface area contributed by atoms with Crippen LogP contribution < -0.4 is 5.73 Å². The number of hydrogen-bond donors (Lipinski definition) is 2. The lowest BCUT2D eigenvalue weighted by atomic mass is 9.63. The standard InChI is InChI=1S/C21H32F3N3O2.C19H21F.C3H6O2.CH4S/c1-15(2)11-18(19(25)29)26(3)12-16(17(6-10-28)21(22,23)24)5-9-27-13-20(14-27)7-4-8-20;1-6-7-16-11-17(10-15(5)19(16)20)18-13(3)8-12(2)9-14(18)4;1-2-5-3-4;1-2/h6,10,12,15,18H,4-5,7-9,11,13-14H2,1-3H3,(H2,25,29);6-11H,1-5H3;3H,2H2,1H3;2H,1H3/b16-12-,17-6+;7-6-;;. The molecule has 1 saturated heterocycles. The van der Waals surface area contributed by atoms with Crippen LogP contribution in [0.5, 0.6) is 0 Å². The maximum atomic E-state index is 14.1. The molecular weight excluding hydrogens is 743 g/mol. The van der Waals surface area contributed by atoms with E-state index in [1.165, 1.54) is 52.6 Å². The highest BCUT2D eigenvalue weighted by molar-refractivity contribution is 7.79.